The first-order valence-corrected chi connectivity index (χ1v) is 9.01. The molecule has 1 aromatic carbocycles. The minimum Gasteiger partial charge on any atom is -0.381 e. The number of pyridine rings is 2. The highest BCUT2D eigenvalue weighted by atomic mass is 16.2. The minimum atomic E-state index is -0.0805. The molecule has 0 saturated carbocycles. The standard InChI is InChI=1S/C22H24N4O/c1-17-3-5-19(6-4-17)16-25-20-9-13-24-21(15-20)22(27)26(2)14-10-18-7-11-23-12-8-18/h3-9,11-13,15H,10,14,16H2,1-2H3,(H,24,25). The van der Waals surface area contributed by atoms with Crippen molar-refractivity contribution in [3.63, 3.8) is 0 Å². The highest BCUT2D eigenvalue weighted by molar-refractivity contribution is 5.93. The molecular weight excluding hydrogens is 336 g/mol. The van der Waals surface area contributed by atoms with Crippen LogP contribution in [0.5, 0.6) is 0 Å². The van der Waals surface area contributed by atoms with Gasteiger partial charge in [0, 0.05) is 44.4 Å². The SMILES string of the molecule is Cc1ccc(CNc2ccnc(C(=O)N(C)CCc3ccncc3)c2)cc1. The lowest BCUT2D eigenvalue weighted by Crippen LogP contribution is -2.29. The molecule has 0 radical (unpaired) electrons. The van der Waals surface area contributed by atoms with Gasteiger partial charge in [-0.25, -0.2) is 0 Å². The number of nitrogens with one attached hydrogen (secondary N) is 1. The number of likely N-dealkylation sites (N-methyl/N-ethyl adjacent to an activating group) is 1. The number of amides is 1. The van der Waals surface area contributed by atoms with Crippen LogP contribution < -0.4 is 5.32 Å². The zero-order valence-corrected chi connectivity index (χ0v) is 15.7. The molecule has 3 aromatic rings. The molecule has 27 heavy (non-hydrogen) atoms. The number of nitrogens with zero attached hydrogens (tertiary/aromatic N) is 3. The summed E-state index contributed by atoms with van der Waals surface area (Å²) >= 11 is 0. The molecule has 138 valence electrons. The molecule has 2 heterocycles. The van der Waals surface area contributed by atoms with E-state index in [9.17, 15) is 4.79 Å². The number of carbonyl (C=O) groups excluding carboxylic acids is 1. The maximum absolute atomic E-state index is 12.7. The summed E-state index contributed by atoms with van der Waals surface area (Å²) in [4.78, 5) is 22.6. The summed E-state index contributed by atoms with van der Waals surface area (Å²) < 4.78 is 0. The molecule has 0 aliphatic heterocycles. The lowest BCUT2D eigenvalue weighted by molar-refractivity contribution is 0.0791. The van der Waals surface area contributed by atoms with E-state index in [1.807, 2.05) is 18.2 Å². The molecule has 0 spiro atoms. The van der Waals surface area contributed by atoms with Gasteiger partial charge in [0.05, 0.1) is 0 Å². The van der Waals surface area contributed by atoms with Crippen LogP contribution in [-0.2, 0) is 13.0 Å². The van der Waals surface area contributed by atoms with Crippen molar-refractivity contribution < 1.29 is 4.79 Å². The van der Waals surface area contributed by atoms with E-state index in [4.69, 9.17) is 0 Å². The molecule has 5 nitrogen and oxygen atoms in total. The fourth-order valence-electron chi connectivity index (χ4n) is 2.71. The number of anilines is 1. The first kappa shape index (κ1) is 18.6. The normalized spacial score (nSPS) is 10.4. The van der Waals surface area contributed by atoms with Crippen molar-refractivity contribution in [3.8, 4) is 0 Å². The summed E-state index contributed by atoms with van der Waals surface area (Å²) in [6.07, 6.45) is 5.99. The summed E-state index contributed by atoms with van der Waals surface area (Å²) in [6, 6.07) is 16.0. The Morgan fingerprint density at radius 2 is 1.74 bits per heavy atom. The second-order valence-electron chi connectivity index (χ2n) is 6.60. The molecule has 0 aliphatic rings. The van der Waals surface area contributed by atoms with E-state index in [2.05, 4.69) is 46.5 Å². The Balaban J connectivity index is 1.58. The molecule has 0 atom stereocenters. The highest BCUT2D eigenvalue weighted by Crippen LogP contribution is 2.12. The molecule has 0 bridgehead atoms. The Hall–Kier alpha value is -3.21. The molecule has 2 aromatic heterocycles. The summed E-state index contributed by atoms with van der Waals surface area (Å²) in [5, 5.41) is 3.35. The predicted molar refractivity (Wildman–Crippen MR) is 108 cm³/mol. The zero-order chi connectivity index (χ0) is 19.1. The third kappa shape index (κ3) is 5.38. The van der Waals surface area contributed by atoms with E-state index in [0.717, 1.165) is 17.7 Å². The van der Waals surface area contributed by atoms with Crippen LogP contribution >= 0.6 is 0 Å². The van der Waals surface area contributed by atoms with Crippen molar-refractivity contribution >= 4 is 11.6 Å². The van der Waals surface area contributed by atoms with Crippen LogP contribution in [0.2, 0.25) is 0 Å². The smallest absolute Gasteiger partial charge is 0.272 e. The lowest BCUT2D eigenvalue weighted by Gasteiger charge is -2.17. The Morgan fingerprint density at radius 1 is 1.00 bits per heavy atom. The molecule has 5 heteroatoms. The first-order chi connectivity index (χ1) is 13.1. The average Bonchev–Trinajstić information content (AvgIpc) is 2.72. The van der Waals surface area contributed by atoms with Crippen LogP contribution in [0, 0.1) is 6.92 Å². The third-order valence-corrected chi connectivity index (χ3v) is 4.43. The van der Waals surface area contributed by atoms with E-state index >= 15 is 0 Å². The third-order valence-electron chi connectivity index (χ3n) is 4.43. The fraction of sp³-hybridized carbons (Fsp3) is 0.227. The van der Waals surface area contributed by atoms with Crippen LogP contribution in [0.3, 0.4) is 0 Å². The van der Waals surface area contributed by atoms with Crippen molar-refractivity contribution in [2.24, 2.45) is 0 Å². The van der Waals surface area contributed by atoms with E-state index in [1.54, 1.807) is 36.6 Å². The maximum atomic E-state index is 12.7. The Bertz CT molecular complexity index is 878. The van der Waals surface area contributed by atoms with Crippen LogP contribution in [0.4, 0.5) is 5.69 Å². The Kier molecular flexibility index (Phi) is 6.15. The molecule has 1 N–H and O–H groups in total. The number of hydrogen-bond acceptors (Lipinski definition) is 4. The molecule has 0 saturated heterocycles. The van der Waals surface area contributed by atoms with E-state index in [-0.39, 0.29) is 5.91 Å². The van der Waals surface area contributed by atoms with Gasteiger partial charge < -0.3 is 10.2 Å². The summed E-state index contributed by atoms with van der Waals surface area (Å²) in [5.74, 6) is -0.0805. The Morgan fingerprint density at radius 3 is 2.48 bits per heavy atom. The second kappa shape index (κ2) is 8.94. The predicted octanol–water partition coefficient (Wildman–Crippen LogP) is 3.71. The Labute approximate surface area is 160 Å². The number of hydrogen-bond donors (Lipinski definition) is 1. The van der Waals surface area contributed by atoms with Gasteiger partial charge in [-0.05, 0) is 48.7 Å². The lowest BCUT2D eigenvalue weighted by atomic mass is 10.1. The largest absolute Gasteiger partial charge is 0.381 e. The van der Waals surface area contributed by atoms with Gasteiger partial charge in [0.1, 0.15) is 5.69 Å². The quantitative estimate of drug-likeness (QED) is 0.698. The van der Waals surface area contributed by atoms with Crippen molar-refractivity contribution in [1.82, 2.24) is 14.9 Å². The monoisotopic (exact) mass is 360 g/mol. The van der Waals surface area contributed by atoms with Gasteiger partial charge in [-0.15, -0.1) is 0 Å². The zero-order valence-electron chi connectivity index (χ0n) is 15.7. The molecule has 3 rings (SSSR count). The van der Waals surface area contributed by atoms with Crippen LogP contribution in [0.25, 0.3) is 0 Å². The van der Waals surface area contributed by atoms with Crippen LogP contribution in [0.1, 0.15) is 27.2 Å². The van der Waals surface area contributed by atoms with Gasteiger partial charge in [0.25, 0.3) is 5.91 Å². The van der Waals surface area contributed by atoms with Gasteiger partial charge >= 0.3 is 0 Å². The minimum absolute atomic E-state index is 0.0805. The first-order valence-electron chi connectivity index (χ1n) is 9.01. The van der Waals surface area contributed by atoms with Crippen molar-refractivity contribution in [3.05, 3.63) is 89.5 Å². The molecule has 0 unspecified atom stereocenters. The number of aromatic nitrogens is 2. The van der Waals surface area contributed by atoms with Gasteiger partial charge in [0.2, 0.25) is 0 Å². The number of aryl methyl sites for hydroxylation is 1. The molecule has 0 fully saturated rings. The summed E-state index contributed by atoms with van der Waals surface area (Å²) in [7, 11) is 1.80. The van der Waals surface area contributed by atoms with Gasteiger partial charge in [-0.3, -0.25) is 14.8 Å². The topological polar surface area (TPSA) is 58.1 Å². The van der Waals surface area contributed by atoms with Crippen LogP contribution in [-0.4, -0.2) is 34.4 Å². The van der Waals surface area contributed by atoms with Gasteiger partial charge in [-0.2, -0.15) is 0 Å². The molecule has 1 amide bonds. The van der Waals surface area contributed by atoms with Crippen molar-refractivity contribution in [2.45, 2.75) is 19.9 Å². The van der Waals surface area contributed by atoms with Gasteiger partial charge in [0.15, 0.2) is 0 Å². The van der Waals surface area contributed by atoms with E-state index in [0.29, 0.717) is 18.8 Å². The number of benzene rings is 1. The average molecular weight is 360 g/mol. The second-order valence-corrected chi connectivity index (χ2v) is 6.60. The highest BCUT2D eigenvalue weighted by Gasteiger charge is 2.13. The number of rotatable bonds is 7. The fourth-order valence-corrected chi connectivity index (χ4v) is 2.71. The summed E-state index contributed by atoms with van der Waals surface area (Å²) in [5.41, 5.74) is 4.92. The molecule has 0 aliphatic carbocycles. The summed E-state index contributed by atoms with van der Waals surface area (Å²) in [6.45, 7) is 3.41. The molecular formula is C22H24N4O. The van der Waals surface area contributed by atoms with E-state index < -0.39 is 0 Å². The van der Waals surface area contributed by atoms with Gasteiger partial charge in [-0.1, -0.05) is 29.8 Å². The van der Waals surface area contributed by atoms with Crippen molar-refractivity contribution in [2.75, 3.05) is 18.9 Å². The van der Waals surface area contributed by atoms with E-state index in [1.165, 1.54) is 11.1 Å². The van der Waals surface area contributed by atoms with Crippen molar-refractivity contribution in [1.29, 1.82) is 0 Å². The number of carbonyl (C=O) groups is 1. The van der Waals surface area contributed by atoms with Crippen LogP contribution in [0.15, 0.2) is 67.1 Å². The maximum Gasteiger partial charge on any atom is 0.272 e.